The lowest BCUT2D eigenvalue weighted by molar-refractivity contribution is 0.103. The number of aryl methyl sites for hydroxylation is 2. The minimum Gasteiger partial charge on any atom is -0.288 e. The van der Waals surface area contributed by atoms with Crippen molar-refractivity contribution in [2.75, 3.05) is 0 Å². The van der Waals surface area contributed by atoms with Crippen LogP contribution in [0.25, 0.3) is 0 Å². The Bertz CT molecular complexity index is 642. The molecule has 0 aliphatic heterocycles. The molecule has 98 valence electrons. The molecule has 0 aromatic heterocycles. The Morgan fingerprint density at radius 2 is 1.63 bits per heavy atom. The minimum atomic E-state index is -0.756. The molecule has 0 saturated carbocycles. The summed E-state index contributed by atoms with van der Waals surface area (Å²) in [6, 6.07) is 7.05. The van der Waals surface area contributed by atoms with Gasteiger partial charge in [-0.3, -0.25) is 4.79 Å². The first-order valence-electron chi connectivity index (χ1n) is 5.67. The highest BCUT2D eigenvalue weighted by Crippen LogP contribution is 2.22. The van der Waals surface area contributed by atoms with Crippen LogP contribution in [0.4, 0.5) is 8.78 Å². The van der Waals surface area contributed by atoms with E-state index in [0.29, 0.717) is 11.1 Å². The molecule has 0 aliphatic rings. The van der Waals surface area contributed by atoms with Gasteiger partial charge < -0.3 is 0 Å². The largest absolute Gasteiger partial charge is 0.288 e. The van der Waals surface area contributed by atoms with Gasteiger partial charge in [-0.25, -0.2) is 8.78 Å². The van der Waals surface area contributed by atoms with Gasteiger partial charge in [0, 0.05) is 5.56 Å². The zero-order chi connectivity index (χ0) is 14.2. The molecular formula is C15H11ClF2O. The summed E-state index contributed by atoms with van der Waals surface area (Å²) >= 11 is 5.65. The average Bonchev–Trinajstić information content (AvgIpc) is 2.38. The van der Waals surface area contributed by atoms with Crippen molar-refractivity contribution >= 4 is 17.4 Å². The van der Waals surface area contributed by atoms with Gasteiger partial charge >= 0.3 is 0 Å². The summed E-state index contributed by atoms with van der Waals surface area (Å²) in [5.74, 6) is -1.62. The maximum Gasteiger partial charge on any atom is 0.196 e. The van der Waals surface area contributed by atoms with Crippen LogP contribution in [0.1, 0.15) is 27.0 Å². The third-order valence-electron chi connectivity index (χ3n) is 2.89. The van der Waals surface area contributed by atoms with E-state index in [2.05, 4.69) is 0 Å². The predicted octanol–water partition coefficient (Wildman–Crippen LogP) is 4.47. The summed E-state index contributed by atoms with van der Waals surface area (Å²) in [5.41, 5.74) is 0.840. The molecule has 19 heavy (non-hydrogen) atoms. The van der Waals surface area contributed by atoms with Crippen molar-refractivity contribution < 1.29 is 13.6 Å². The molecule has 0 atom stereocenters. The first-order chi connectivity index (χ1) is 8.91. The van der Waals surface area contributed by atoms with E-state index in [0.717, 1.165) is 0 Å². The fourth-order valence-electron chi connectivity index (χ4n) is 1.91. The minimum absolute atomic E-state index is 0.110. The van der Waals surface area contributed by atoms with Gasteiger partial charge in [0.15, 0.2) is 11.6 Å². The molecule has 0 heterocycles. The Hall–Kier alpha value is -1.74. The smallest absolute Gasteiger partial charge is 0.196 e. The lowest BCUT2D eigenvalue weighted by Crippen LogP contribution is -2.06. The lowest BCUT2D eigenvalue weighted by atomic mass is 9.98. The average molecular weight is 281 g/mol. The van der Waals surface area contributed by atoms with Gasteiger partial charge in [-0.1, -0.05) is 17.7 Å². The van der Waals surface area contributed by atoms with Crippen molar-refractivity contribution in [3.63, 3.8) is 0 Å². The second-order valence-corrected chi connectivity index (χ2v) is 4.76. The second-order valence-electron chi connectivity index (χ2n) is 4.35. The number of ketones is 1. The topological polar surface area (TPSA) is 17.1 Å². The SMILES string of the molecule is Cc1cc(C(=O)c2cccc(Cl)c2F)cc(C)c1F. The lowest BCUT2D eigenvalue weighted by Gasteiger charge is -2.07. The summed E-state index contributed by atoms with van der Waals surface area (Å²) in [6.07, 6.45) is 0. The number of hydrogen-bond donors (Lipinski definition) is 0. The molecule has 0 amide bonds. The molecule has 2 aromatic carbocycles. The van der Waals surface area contributed by atoms with E-state index in [4.69, 9.17) is 11.6 Å². The van der Waals surface area contributed by atoms with Gasteiger partial charge in [-0.15, -0.1) is 0 Å². The molecule has 0 bridgehead atoms. The van der Waals surface area contributed by atoms with Crippen molar-refractivity contribution in [3.8, 4) is 0 Å². The monoisotopic (exact) mass is 280 g/mol. The Morgan fingerprint density at radius 3 is 2.21 bits per heavy atom. The van der Waals surface area contributed by atoms with Crippen molar-refractivity contribution in [1.29, 1.82) is 0 Å². The van der Waals surface area contributed by atoms with Crippen LogP contribution in [0.3, 0.4) is 0 Å². The molecule has 0 saturated heterocycles. The Morgan fingerprint density at radius 1 is 1.05 bits per heavy atom. The van der Waals surface area contributed by atoms with Crippen molar-refractivity contribution in [1.82, 2.24) is 0 Å². The van der Waals surface area contributed by atoms with Gasteiger partial charge in [-0.05, 0) is 49.2 Å². The molecule has 2 aromatic rings. The van der Waals surface area contributed by atoms with Crippen LogP contribution in [-0.2, 0) is 0 Å². The van der Waals surface area contributed by atoms with Gasteiger partial charge in [0.1, 0.15) is 5.82 Å². The van der Waals surface area contributed by atoms with E-state index in [9.17, 15) is 13.6 Å². The number of hydrogen-bond acceptors (Lipinski definition) is 1. The summed E-state index contributed by atoms with van der Waals surface area (Å²) in [4.78, 5) is 12.2. The van der Waals surface area contributed by atoms with Crippen LogP contribution < -0.4 is 0 Å². The second kappa shape index (κ2) is 5.10. The summed E-state index contributed by atoms with van der Waals surface area (Å²) < 4.78 is 27.3. The number of halogens is 3. The van der Waals surface area contributed by atoms with Crippen LogP contribution in [0.15, 0.2) is 30.3 Å². The third-order valence-corrected chi connectivity index (χ3v) is 3.19. The van der Waals surface area contributed by atoms with Crippen LogP contribution in [0, 0.1) is 25.5 Å². The highest BCUT2D eigenvalue weighted by atomic mass is 35.5. The van der Waals surface area contributed by atoms with Crippen molar-refractivity contribution in [2.24, 2.45) is 0 Å². The normalized spacial score (nSPS) is 10.6. The summed E-state index contributed by atoms with van der Waals surface area (Å²) in [5, 5.41) is -0.110. The zero-order valence-corrected chi connectivity index (χ0v) is 11.2. The summed E-state index contributed by atoms with van der Waals surface area (Å²) in [6.45, 7) is 3.13. The third kappa shape index (κ3) is 2.51. The molecule has 1 nitrogen and oxygen atoms in total. The molecular weight excluding hydrogens is 270 g/mol. The molecule has 2 rings (SSSR count). The maximum atomic E-state index is 13.8. The molecule has 0 N–H and O–H groups in total. The van der Waals surface area contributed by atoms with E-state index in [-0.39, 0.29) is 22.0 Å². The molecule has 0 unspecified atom stereocenters. The first kappa shape index (κ1) is 13.7. The maximum absolute atomic E-state index is 13.8. The Labute approximate surface area is 114 Å². The molecule has 0 spiro atoms. The van der Waals surface area contributed by atoms with E-state index >= 15 is 0 Å². The quantitative estimate of drug-likeness (QED) is 0.742. The van der Waals surface area contributed by atoms with Crippen molar-refractivity contribution in [2.45, 2.75) is 13.8 Å². The standard InChI is InChI=1S/C15H11ClF2O/c1-8-6-10(7-9(2)13(8)17)15(19)11-4-3-5-12(16)14(11)18/h3-7H,1-2H3. The van der Waals surface area contributed by atoms with E-state index in [1.165, 1.54) is 30.3 Å². The molecule has 0 aliphatic carbocycles. The fraction of sp³-hybridized carbons (Fsp3) is 0.133. The first-order valence-corrected chi connectivity index (χ1v) is 6.05. The number of carbonyl (C=O) groups is 1. The van der Waals surface area contributed by atoms with Gasteiger partial charge in [0.2, 0.25) is 0 Å². The van der Waals surface area contributed by atoms with Crippen LogP contribution in [-0.4, -0.2) is 5.78 Å². The Balaban J connectivity index is 2.53. The van der Waals surface area contributed by atoms with Crippen molar-refractivity contribution in [3.05, 3.63) is 69.2 Å². The molecule has 0 radical (unpaired) electrons. The van der Waals surface area contributed by atoms with Crippen LogP contribution >= 0.6 is 11.6 Å². The van der Waals surface area contributed by atoms with Crippen LogP contribution in [0.2, 0.25) is 5.02 Å². The van der Waals surface area contributed by atoms with Gasteiger partial charge in [0.05, 0.1) is 10.6 Å². The highest BCUT2D eigenvalue weighted by Gasteiger charge is 2.17. The van der Waals surface area contributed by atoms with E-state index in [1.807, 2.05) is 0 Å². The summed E-state index contributed by atoms with van der Waals surface area (Å²) in [7, 11) is 0. The van der Waals surface area contributed by atoms with Crippen LogP contribution in [0.5, 0.6) is 0 Å². The zero-order valence-electron chi connectivity index (χ0n) is 10.4. The van der Waals surface area contributed by atoms with E-state index in [1.54, 1.807) is 13.8 Å². The predicted molar refractivity (Wildman–Crippen MR) is 70.7 cm³/mol. The van der Waals surface area contributed by atoms with Gasteiger partial charge in [-0.2, -0.15) is 0 Å². The number of carbonyl (C=O) groups excluding carboxylic acids is 1. The fourth-order valence-corrected chi connectivity index (χ4v) is 2.09. The number of rotatable bonds is 2. The number of benzene rings is 2. The Kier molecular flexibility index (Phi) is 3.67. The molecule has 0 fully saturated rings. The highest BCUT2D eigenvalue weighted by molar-refractivity contribution is 6.31. The van der Waals surface area contributed by atoms with E-state index < -0.39 is 11.6 Å². The molecule has 4 heteroatoms. The van der Waals surface area contributed by atoms with Gasteiger partial charge in [0.25, 0.3) is 0 Å².